The predicted molar refractivity (Wildman–Crippen MR) is 148 cm³/mol. The van der Waals surface area contributed by atoms with Crippen molar-refractivity contribution in [2.75, 3.05) is 18.1 Å². The first-order chi connectivity index (χ1) is 19.8. The molecule has 0 aliphatic heterocycles. The van der Waals surface area contributed by atoms with E-state index >= 15 is 0 Å². The molecular formula is C28H26F4N6O3S. The van der Waals surface area contributed by atoms with Crippen molar-refractivity contribution in [1.29, 1.82) is 5.26 Å². The van der Waals surface area contributed by atoms with Gasteiger partial charge in [-0.15, -0.1) is 0 Å². The van der Waals surface area contributed by atoms with Gasteiger partial charge in [0.2, 0.25) is 5.91 Å². The van der Waals surface area contributed by atoms with Gasteiger partial charge in [0.15, 0.2) is 11.2 Å². The number of rotatable bonds is 9. The minimum Gasteiger partial charge on any atom is -0.332 e. The molecule has 0 bridgehead atoms. The van der Waals surface area contributed by atoms with Gasteiger partial charge in [-0.1, -0.05) is 13.0 Å². The van der Waals surface area contributed by atoms with Crippen LogP contribution in [0.1, 0.15) is 42.4 Å². The fraction of sp³-hybridized carbons (Fsp3) is 0.321. The summed E-state index contributed by atoms with van der Waals surface area (Å²) in [7, 11) is 0.325. The average Bonchev–Trinajstić information content (AvgIpc) is 3.33. The molecule has 0 spiro atoms. The van der Waals surface area contributed by atoms with E-state index in [1.807, 2.05) is 6.07 Å². The first kappa shape index (κ1) is 30.6. The van der Waals surface area contributed by atoms with Gasteiger partial charge in [0, 0.05) is 35.9 Å². The topological polar surface area (TPSA) is 114 Å². The number of hydrogen-bond acceptors (Lipinski definition) is 6. The summed E-state index contributed by atoms with van der Waals surface area (Å²) < 4.78 is 68.9. The van der Waals surface area contributed by atoms with Crippen LogP contribution in [0.4, 0.5) is 17.6 Å². The van der Waals surface area contributed by atoms with Gasteiger partial charge in [0.05, 0.1) is 41.7 Å². The highest BCUT2D eigenvalue weighted by molar-refractivity contribution is 7.84. The maximum absolute atomic E-state index is 13.9. The second kappa shape index (κ2) is 12.2. The van der Waals surface area contributed by atoms with Crippen LogP contribution in [0.5, 0.6) is 0 Å². The molecule has 0 saturated heterocycles. The Labute approximate surface area is 240 Å². The third-order valence-corrected chi connectivity index (χ3v) is 8.04. The van der Waals surface area contributed by atoms with Crippen LogP contribution in [-0.2, 0) is 35.2 Å². The van der Waals surface area contributed by atoms with Crippen LogP contribution in [0.2, 0.25) is 0 Å². The van der Waals surface area contributed by atoms with Crippen molar-refractivity contribution in [3.8, 4) is 11.8 Å². The van der Waals surface area contributed by atoms with Crippen molar-refractivity contribution >= 4 is 27.9 Å². The Morgan fingerprint density at radius 1 is 1.19 bits per heavy atom. The number of aromatic nitrogens is 4. The second-order valence-electron chi connectivity index (χ2n) is 9.48. The SMILES string of the molecule is CCS(=O)CCN(C(=O)Cc1ccc(F)c(C(F)(F)F)c1)C(C)c1nc2ncn(C)c2c(=O)n1-c1ccc(C#N)cc1. The molecule has 2 atom stereocenters. The Morgan fingerprint density at radius 3 is 2.50 bits per heavy atom. The molecular weight excluding hydrogens is 576 g/mol. The lowest BCUT2D eigenvalue weighted by atomic mass is 10.1. The molecule has 0 N–H and O–H groups in total. The molecule has 2 heterocycles. The molecule has 4 rings (SSSR count). The van der Waals surface area contributed by atoms with Crippen LogP contribution in [0.25, 0.3) is 16.9 Å². The Bertz CT molecular complexity index is 1760. The number of benzene rings is 2. The van der Waals surface area contributed by atoms with Gasteiger partial charge >= 0.3 is 6.18 Å². The van der Waals surface area contributed by atoms with Crippen LogP contribution in [0.3, 0.4) is 0 Å². The van der Waals surface area contributed by atoms with Gasteiger partial charge in [-0.05, 0) is 48.9 Å². The molecule has 2 aromatic heterocycles. The number of fused-ring (bicyclic) bond motifs is 1. The van der Waals surface area contributed by atoms with Crippen molar-refractivity contribution in [1.82, 2.24) is 24.0 Å². The Balaban J connectivity index is 1.82. The molecule has 2 aromatic carbocycles. The molecule has 0 aliphatic carbocycles. The highest BCUT2D eigenvalue weighted by Gasteiger charge is 2.35. The summed E-state index contributed by atoms with van der Waals surface area (Å²) >= 11 is 0. The van der Waals surface area contributed by atoms with Crippen molar-refractivity contribution in [2.24, 2.45) is 7.05 Å². The number of carbonyl (C=O) groups is 1. The van der Waals surface area contributed by atoms with Crippen LogP contribution < -0.4 is 5.56 Å². The zero-order chi connectivity index (χ0) is 30.8. The molecule has 4 aromatic rings. The lowest BCUT2D eigenvalue weighted by Gasteiger charge is -2.30. The molecule has 1 amide bonds. The standard InChI is InChI=1S/C28H26F4N6O3S/c1-4-42(41)12-11-37(23(39)14-19-7-10-22(29)21(13-19)28(30,31)32)17(2)26-35-25-24(36(3)16-34-25)27(40)38(26)20-8-5-18(15-33)6-9-20/h5-10,13,16-17H,4,11-12,14H2,1-3H3. The lowest BCUT2D eigenvalue weighted by molar-refractivity contribution is -0.140. The second-order valence-corrected chi connectivity index (χ2v) is 11.3. The van der Waals surface area contributed by atoms with E-state index in [9.17, 15) is 36.6 Å². The summed E-state index contributed by atoms with van der Waals surface area (Å²) in [5.74, 6) is -1.62. The van der Waals surface area contributed by atoms with Crippen LogP contribution >= 0.6 is 0 Å². The zero-order valence-corrected chi connectivity index (χ0v) is 23.7. The number of hydrogen-bond donors (Lipinski definition) is 0. The monoisotopic (exact) mass is 602 g/mol. The number of imidazole rings is 1. The minimum absolute atomic E-state index is 0.0583. The van der Waals surface area contributed by atoms with E-state index in [0.29, 0.717) is 29.1 Å². The zero-order valence-electron chi connectivity index (χ0n) is 22.9. The third-order valence-electron chi connectivity index (χ3n) is 6.76. The van der Waals surface area contributed by atoms with Crippen molar-refractivity contribution in [3.05, 3.63) is 87.5 Å². The van der Waals surface area contributed by atoms with Crippen LogP contribution in [-0.4, -0.2) is 52.2 Å². The molecule has 0 aliphatic rings. The van der Waals surface area contributed by atoms with E-state index < -0.39 is 52.3 Å². The highest BCUT2D eigenvalue weighted by atomic mass is 32.2. The van der Waals surface area contributed by atoms with E-state index in [0.717, 1.165) is 6.07 Å². The fourth-order valence-corrected chi connectivity index (χ4v) is 5.21. The summed E-state index contributed by atoms with van der Waals surface area (Å²) in [6.45, 7) is 3.24. The quantitative estimate of drug-likeness (QED) is 0.267. The summed E-state index contributed by atoms with van der Waals surface area (Å²) in [4.78, 5) is 37.5. The normalized spacial score (nSPS) is 13.1. The van der Waals surface area contributed by atoms with E-state index in [1.165, 1.54) is 32.5 Å². The van der Waals surface area contributed by atoms with Gasteiger partial charge < -0.3 is 9.47 Å². The number of carbonyl (C=O) groups excluding carboxylic acids is 1. The minimum atomic E-state index is -4.95. The van der Waals surface area contributed by atoms with E-state index in [1.54, 1.807) is 33.0 Å². The molecule has 2 unspecified atom stereocenters. The maximum Gasteiger partial charge on any atom is 0.419 e. The average molecular weight is 603 g/mol. The van der Waals surface area contributed by atoms with Crippen LogP contribution in [0.15, 0.2) is 53.6 Å². The van der Waals surface area contributed by atoms with Gasteiger partial charge in [-0.3, -0.25) is 18.4 Å². The van der Waals surface area contributed by atoms with Crippen molar-refractivity contribution in [3.63, 3.8) is 0 Å². The number of nitriles is 1. The molecule has 14 heteroatoms. The fourth-order valence-electron chi connectivity index (χ4n) is 4.52. The summed E-state index contributed by atoms with van der Waals surface area (Å²) in [6, 6.07) is 9.54. The molecule has 0 saturated carbocycles. The summed E-state index contributed by atoms with van der Waals surface area (Å²) in [5, 5.41) is 9.21. The number of amides is 1. The Morgan fingerprint density at radius 2 is 1.88 bits per heavy atom. The largest absolute Gasteiger partial charge is 0.419 e. The van der Waals surface area contributed by atoms with E-state index in [-0.39, 0.29) is 34.8 Å². The van der Waals surface area contributed by atoms with E-state index in [2.05, 4.69) is 9.97 Å². The molecule has 220 valence electrons. The van der Waals surface area contributed by atoms with Crippen molar-refractivity contribution < 1.29 is 26.6 Å². The van der Waals surface area contributed by atoms with Gasteiger partial charge in [-0.2, -0.15) is 18.4 Å². The first-order valence-corrected chi connectivity index (χ1v) is 14.3. The molecule has 9 nitrogen and oxygen atoms in total. The number of aryl methyl sites for hydroxylation is 1. The van der Waals surface area contributed by atoms with Crippen LogP contribution in [0, 0.1) is 17.1 Å². The third kappa shape index (κ3) is 6.25. The molecule has 0 fully saturated rings. The van der Waals surface area contributed by atoms with Gasteiger partial charge in [0.1, 0.15) is 11.6 Å². The summed E-state index contributed by atoms with van der Waals surface area (Å²) in [6.07, 6.45) is -4.05. The van der Waals surface area contributed by atoms with Gasteiger partial charge in [0.25, 0.3) is 5.56 Å². The smallest absolute Gasteiger partial charge is 0.332 e. The Kier molecular flexibility index (Phi) is 8.91. The molecule has 0 radical (unpaired) electrons. The number of alkyl halides is 3. The lowest BCUT2D eigenvalue weighted by Crippen LogP contribution is -2.40. The maximum atomic E-state index is 13.9. The summed E-state index contributed by atoms with van der Waals surface area (Å²) in [5.41, 5.74) is -1.04. The number of halogens is 4. The van der Waals surface area contributed by atoms with Gasteiger partial charge in [-0.25, -0.2) is 14.4 Å². The highest BCUT2D eigenvalue weighted by Crippen LogP contribution is 2.32. The molecule has 42 heavy (non-hydrogen) atoms. The predicted octanol–water partition coefficient (Wildman–Crippen LogP) is 4.05. The first-order valence-electron chi connectivity index (χ1n) is 12.8. The Hall–Kier alpha value is -4.38. The van der Waals surface area contributed by atoms with E-state index in [4.69, 9.17) is 0 Å². The number of nitrogens with zero attached hydrogens (tertiary/aromatic N) is 6. The van der Waals surface area contributed by atoms with Crippen molar-refractivity contribution in [2.45, 2.75) is 32.5 Å².